The van der Waals surface area contributed by atoms with Crippen molar-refractivity contribution in [2.45, 2.75) is 12.6 Å². The first-order valence-corrected chi connectivity index (χ1v) is 10.5. The molecule has 0 saturated heterocycles. The Hall–Kier alpha value is -1.97. The lowest BCUT2D eigenvalue weighted by molar-refractivity contribution is -0.137. The van der Waals surface area contributed by atoms with E-state index in [1.807, 2.05) is 37.2 Å². The molecule has 29 heavy (non-hydrogen) atoms. The quantitative estimate of drug-likeness (QED) is 0.450. The Morgan fingerprint density at radius 2 is 1.90 bits per heavy atom. The minimum atomic E-state index is -4.51. The number of thiazole rings is 1. The molecule has 3 aromatic rings. The molecule has 0 aliphatic carbocycles. The Morgan fingerprint density at radius 3 is 2.59 bits per heavy atom. The van der Waals surface area contributed by atoms with E-state index >= 15 is 0 Å². The van der Waals surface area contributed by atoms with Gasteiger partial charge in [-0.25, -0.2) is 4.98 Å². The number of anilines is 1. The number of aromatic nitrogens is 1. The molecule has 2 aromatic carbocycles. The van der Waals surface area contributed by atoms with Crippen LogP contribution < -0.4 is 4.90 Å². The van der Waals surface area contributed by atoms with Gasteiger partial charge in [0.05, 0.1) is 15.8 Å². The smallest absolute Gasteiger partial charge is 0.309 e. The summed E-state index contributed by atoms with van der Waals surface area (Å²) in [7, 11) is 3.85. The van der Waals surface area contributed by atoms with Gasteiger partial charge in [0.25, 0.3) is 5.91 Å². The number of hydrogen-bond acceptors (Lipinski definition) is 4. The van der Waals surface area contributed by atoms with Crippen LogP contribution in [0.15, 0.2) is 46.9 Å². The Bertz CT molecular complexity index is 1020. The molecule has 0 spiro atoms. The lowest BCUT2D eigenvalue weighted by atomic mass is 10.1. The summed E-state index contributed by atoms with van der Waals surface area (Å²) < 4.78 is 41.0. The van der Waals surface area contributed by atoms with Gasteiger partial charge in [0.1, 0.15) is 0 Å². The second-order valence-electron chi connectivity index (χ2n) is 6.80. The Labute approximate surface area is 179 Å². The number of benzene rings is 2. The molecular formula is C20H19BrF3N3OS. The Balaban J connectivity index is 1.97. The van der Waals surface area contributed by atoms with Crippen LogP contribution in [0, 0.1) is 0 Å². The van der Waals surface area contributed by atoms with Gasteiger partial charge in [0, 0.05) is 16.6 Å². The third-order valence-corrected chi connectivity index (χ3v) is 5.77. The molecular weight excluding hydrogens is 467 g/mol. The highest BCUT2D eigenvalue weighted by atomic mass is 79.9. The first-order valence-electron chi connectivity index (χ1n) is 8.85. The van der Waals surface area contributed by atoms with Crippen LogP contribution in [-0.4, -0.2) is 43.0 Å². The fraction of sp³-hybridized carbons (Fsp3) is 0.300. The molecule has 0 fully saturated rings. The van der Waals surface area contributed by atoms with Crippen molar-refractivity contribution in [2.24, 2.45) is 0 Å². The summed E-state index contributed by atoms with van der Waals surface area (Å²) in [5.74, 6) is -0.493. The second kappa shape index (κ2) is 8.81. The maximum atomic E-state index is 13.1. The van der Waals surface area contributed by atoms with Crippen molar-refractivity contribution < 1.29 is 18.0 Å². The van der Waals surface area contributed by atoms with Gasteiger partial charge in [-0.2, -0.15) is 13.2 Å². The molecule has 0 radical (unpaired) electrons. The van der Waals surface area contributed by atoms with Gasteiger partial charge in [-0.1, -0.05) is 33.3 Å². The third kappa shape index (κ3) is 5.34. The fourth-order valence-corrected chi connectivity index (χ4v) is 4.36. The zero-order valence-electron chi connectivity index (χ0n) is 15.8. The summed E-state index contributed by atoms with van der Waals surface area (Å²) in [4.78, 5) is 21.1. The van der Waals surface area contributed by atoms with Crippen LogP contribution in [0.25, 0.3) is 10.2 Å². The maximum absolute atomic E-state index is 13.1. The Morgan fingerprint density at radius 1 is 1.14 bits per heavy atom. The van der Waals surface area contributed by atoms with Crippen LogP contribution in [0.4, 0.5) is 18.3 Å². The number of nitrogens with zero attached hydrogens (tertiary/aromatic N) is 3. The number of hydrogen-bond donors (Lipinski definition) is 0. The van der Waals surface area contributed by atoms with Crippen LogP contribution in [0.3, 0.4) is 0 Å². The molecule has 0 N–H and O–H groups in total. The summed E-state index contributed by atoms with van der Waals surface area (Å²) in [5, 5.41) is 0.472. The summed E-state index contributed by atoms with van der Waals surface area (Å²) in [6.07, 6.45) is -3.84. The highest BCUT2D eigenvalue weighted by Crippen LogP contribution is 2.33. The highest BCUT2D eigenvalue weighted by Gasteiger charge is 2.31. The predicted molar refractivity (Wildman–Crippen MR) is 114 cm³/mol. The topological polar surface area (TPSA) is 36.4 Å². The molecule has 0 saturated carbocycles. The van der Waals surface area contributed by atoms with Gasteiger partial charge in [-0.05, 0) is 63.5 Å². The maximum Gasteiger partial charge on any atom is 0.416 e. The monoisotopic (exact) mass is 485 g/mol. The summed E-state index contributed by atoms with van der Waals surface area (Å²) in [6, 6.07) is 10.1. The van der Waals surface area contributed by atoms with Crippen LogP contribution in [0.5, 0.6) is 0 Å². The van der Waals surface area contributed by atoms with Crippen molar-refractivity contribution in [1.82, 2.24) is 9.88 Å². The number of alkyl halides is 3. The first kappa shape index (κ1) is 21.7. The van der Waals surface area contributed by atoms with Gasteiger partial charge in [0.15, 0.2) is 5.13 Å². The molecule has 0 unspecified atom stereocenters. The van der Waals surface area contributed by atoms with Crippen molar-refractivity contribution in [3.05, 3.63) is 58.1 Å². The normalized spacial score (nSPS) is 12.0. The minimum Gasteiger partial charge on any atom is -0.309 e. The highest BCUT2D eigenvalue weighted by molar-refractivity contribution is 9.10. The van der Waals surface area contributed by atoms with Crippen LogP contribution >= 0.6 is 27.3 Å². The molecule has 1 aromatic heterocycles. The summed E-state index contributed by atoms with van der Waals surface area (Å²) in [5.41, 5.74) is -0.113. The molecule has 0 atom stereocenters. The van der Waals surface area contributed by atoms with E-state index in [1.165, 1.54) is 28.4 Å². The van der Waals surface area contributed by atoms with Gasteiger partial charge in [-0.15, -0.1) is 0 Å². The zero-order valence-corrected chi connectivity index (χ0v) is 18.2. The van der Waals surface area contributed by atoms with Gasteiger partial charge in [0.2, 0.25) is 0 Å². The summed E-state index contributed by atoms with van der Waals surface area (Å²) in [6.45, 7) is 1.09. The largest absolute Gasteiger partial charge is 0.416 e. The number of halogens is 4. The molecule has 9 heteroatoms. The molecule has 4 nitrogen and oxygen atoms in total. The number of carbonyl (C=O) groups excluding carboxylic acids is 1. The van der Waals surface area contributed by atoms with Crippen LogP contribution in [0.2, 0.25) is 0 Å². The van der Waals surface area contributed by atoms with Crippen molar-refractivity contribution in [2.75, 3.05) is 32.1 Å². The number of fused-ring (bicyclic) bond motifs is 1. The molecule has 1 amide bonds. The molecule has 0 aliphatic heterocycles. The molecule has 3 rings (SSSR count). The van der Waals surface area contributed by atoms with Crippen molar-refractivity contribution >= 4 is 48.5 Å². The van der Waals surface area contributed by atoms with E-state index in [2.05, 4.69) is 20.9 Å². The van der Waals surface area contributed by atoms with Crippen LogP contribution in [0.1, 0.15) is 22.3 Å². The number of carbonyl (C=O) groups is 1. The lowest BCUT2D eigenvalue weighted by Crippen LogP contribution is -2.33. The minimum absolute atomic E-state index is 0.00915. The van der Waals surface area contributed by atoms with E-state index in [0.29, 0.717) is 18.1 Å². The van der Waals surface area contributed by atoms with Gasteiger partial charge >= 0.3 is 6.18 Å². The standard InChI is InChI=1S/C20H19BrF3N3OS/c1-26(2)9-4-10-27(19-25-16-8-7-15(21)12-17(16)29-19)18(28)13-5-3-6-14(11-13)20(22,23)24/h3,5-8,11-12H,4,9-10H2,1-2H3. The van der Waals surface area contributed by atoms with E-state index in [1.54, 1.807) is 0 Å². The average Bonchev–Trinajstić information content (AvgIpc) is 3.06. The van der Waals surface area contributed by atoms with E-state index < -0.39 is 17.6 Å². The molecule has 0 aliphatic rings. The van der Waals surface area contributed by atoms with E-state index in [4.69, 9.17) is 0 Å². The van der Waals surface area contributed by atoms with Crippen molar-refractivity contribution in [3.63, 3.8) is 0 Å². The van der Waals surface area contributed by atoms with E-state index in [9.17, 15) is 18.0 Å². The number of amides is 1. The first-order chi connectivity index (χ1) is 13.6. The second-order valence-corrected chi connectivity index (χ2v) is 8.73. The van der Waals surface area contributed by atoms with Crippen molar-refractivity contribution in [3.8, 4) is 0 Å². The number of rotatable bonds is 6. The Kier molecular flexibility index (Phi) is 6.60. The van der Waals surface area contributed by atoms with Crippen LogP contribution in [-0.2, 0) is 6.18 Å². The SMILES string of the molecule is CN(C)CCCN(C(=O)c1cccc(C(F)(F)F)c1)c1nc2ccc(Br)cc2s1. The fourth-order valence-electron chi connectivity index (χ4n) is 2.82. The molecule has 1 heterocycles. The molecule has 154 valence electrons. The summed E-state index contributed by atoms with van der Waals surface area (Å²) >= 11 is 4.75. The third-order valence-electron chi connectivity index (χ3n) is 4.24. The predicted octanol–water partition coefficient (Wildman–Crippen LogP) is 5.68. The van der Waals surface area contributed by atoms with Crippen molar-refractivity contribution in [1.29, 1.82) is 0 Å². The van der Waals surface area contributed by atoms with Gasteiger partial charge in [-0.3, -0.25) is 9.69 Å². The molecule has 0 bridgehead atoms. The average molecular weight is 486 g/mol. The zero-order chi connectivity index (χ0) is 21.2. The van der Waals surface area contributed by atoms with E-state index in [-0.39, 0.29) is 5.56 Å². The van der Waals surface area contributed by atoms with Gasteiger partial charge < -0.3 is 4.90 Å². The van der Waals surface area contributed by atoms with E-state index in [0.717, 1.165) is 33.4 Å². The lowest BCUT2D eigenvalue weighted by Gasteiger charge is -2.21.